The summed E-state index contributed by atoms with van der Waals surface area (Å²) in [6.45, 7) is 2.63. The zero-order valence-electron chi connectivity index (χ0n) is 10.3. The third kappa shape index (κ3) is 2.03. The number of rotatable bonds is 3. The fourth-order valence-electron chi connectivity index (χ4n) is 1.92. The van der Waals surface area contributed by atoms with Crippen LogP contribution in [0.15, 0.2) is 41.1 Å². The van der Waals surface area contributed by atoms with Crippen LogP contribution in [0.2, 0.25) is 0 Å². The number of halogens is 1. The van der Waals surface area contributed by atoms with Crippen LogP contribution in [-0.2, 0) is 6.54 Å². The Balaban J connectivity index is 2.01. The van der Waals surface area contributed by atoms with Crippen LogP contribution < -0.4 is 0 Å². The smallest absolute Gasteiger partial charge is 0.231 e. The average molecular weight is 258 g/mol. The lowest BCUT2D eigenvalue weighted by molar-refractivity contribution is 0.101. The summed E-state index contributed by atoms with van der Waals surface area (Å²) >= 11 is 0. The minimum Gasteiger partial charge on any atom is -0.453 e. The van der Waals surface area contributed by atoms with Crippen LogP contribution in [-0.4, -0.2) is 15.6 Å². The van der Waals surface area contributed by atoms with Gasteiger partial charge in [0.25, 0.3) is 0 Å². The van der Waals surface area contributed by atoms with Crippen LogP contribution >= 0.6 is 0 Å². The van der Waals surface area contributed by atoms with Gasteiger partial charge < -0.3 is 4.42 Å². The lowest BCUT2D eigenvalue weighted by atomic mass is 10.2. The number of aryl methyl sites for hydroxylation is 1. The van der Waals surface area contributed by atoms with Gasteiger partial charge in [-0.25, -0.2) is 4.39 Å². The van der Waals surface area contributed by atoms with Crippen LogP contribution in [0, 0.1) is 5.82 Å². The van der Waals surface area contributed by atoms with Gasteiger partial charge in [-0.2, -0.15) is 5.10 Å². The number of aromatic nitrogens is 2. The Hall–Kier alpha value is -2.43. The highest BCUT2D eigenvalue weighted by Crippen LogP contribution is 2.22. The van der Waals surface area contributed by atoms with Gasteiger partial charge in [-0.05, 0) is 31.2 Å². The van der Waals surface area contributed by atoms with E-state index in [1.165, 1.54) is 24.4 Å². The first-order valence-corrected chi connectivity index (χ1v) is 5.93. The van der Waals surface area contributed by atoms with E-state index in [0.29, 0.717) is 23.1 Å². The third-order valence-electron chi connectivity index (χ3n) is 2.92. The molecule has 2 heterocycles. The number of hydrogen-bond acceptors (Lipinski definition) is 3. The van der Waals surface area contributed by atoms with Crippen molar-refractivity contribution in [2.75, 3.05) is 0 Å². The highest BCUT2D eigenvalue weighted by Gasteiger charge is 2.16. The van der Waals surface area contributed by atoms with E-state index in [-0.39, 0.29) is 17.4 Å². The summed E-state index contributed by atoms with van der Waals surface area (Å²) in [4.78, 5) is 12.2. The number of benzene rings is 1. The van der Waals surface area contributed by atoms with Crippen LogP contribution in [0.4, 0.5) is 4.39 Å². The summed E-state index contributed by atoms with van der Waals surface area (Å²) in [6, 6.07) is 5.70. The number of ketones is 1. The second-order valence-corrected chi connectivity index (χ2v) is 4.21. The van der Waals surface area contributed by atoms with E-state index in [0.717, 1.165) is 0 Å². The molecule has 0 atom stereocenters. The van der Waals surface area contributed by atoms with Crippen LogP contribution in [0.3, 0.4) is 0 Å². The van der Waals surface area contributed by atoms with Crippen molar-refractivity contribution in [1.82, 2.24) is 9.78 Å². The molecule has 4 nitrogen and oxygen atoms in total. The highest BCUT2D eigenvalue weighted by atomic mass is 19.1. The first kappa shape index (κ1) is 11.6. The van der Waals surface area contributed by atoms with Crippen molar-refractivity contribution in [2.24, 2.45) is 0 Å². The molecule has 0 saturated heterocycles. The van der Waals surface area contributed by atoms with Gasteiger partial charge in [0.15, 0.2) is 5.76 Å². The number of fused-ring (bicyclic) bond motifs is 1. The van der Waals surface area contributed by atoms with Crippen molar-refractivity contribution in [3.8, 4) is 0 Å². The van der Waals surface area contributed by atoms with E-state index in [4.69, 9.17) is 4.42 Å². The summed E-state index contributed by atoms with van der Waals surface area (Å²) < 4.78 is 20.2. The van der Waals surface area contributed by atoms with Crippen LogP contribution in [0.1, 0.15) is 23.0 Å². The monoisotopic (exact) mass is 258 g/mol. The molecule has 3 rings (SSSR count). The third-order valence-corrected chi connectivity index (χ3v) is 2.92. The first-order chi connectivity index (χ1) is 9.17. The van der Waals surface area contributed by atoms with Crippen LogP contribution in [0.5, 0.6) is 0 Å². The number of carbonyl (C=O) groups is 1. The number of carbonyl (C=O) groups excluding carboxylic acids is 1. The summed E-state index contributed by atoms with van der Waals surface area (Å²) in [7, 11) is 0. The predicted octanol–water partition coefficient (Wildman–Crippen LogP) is 3.02. The van der Waals surface area contributed by atoms with E-state index in [9.17, 15) is 9.18 Å². The standard InChI is InChI=1S/C14H11FN2O2/c1-2-17-8-10(7-16-17)14(18)13-6-9-5-11(15)3-4-12(9)19-13/h3-8H,2H2,1H3. The largest absolute Gasteiger partial charge is 0.453 e. The zero-order valence-corrected chi connectivity index (χ0v) is 10.3. The molecule has 0 aliphatic rings. The Morgan fingerprint density at radius 2 is 2.26 bits per heavy atom. The average Bonchev–Trinajstić information content (AvgIpc) is 3.03. The molecular formula is C14H11FN2O2. The number of nitrogens with zero attached hydrogens (tertiary/aromatic N) is 2. The van der Waals surface area contributed by atoms with E-state index in [1.807, 2.05) is 6.92 Å². The van der Waals surface area contributed by atoms with Crippen molar-refractivity contribution in [3.63, 3.8) is 0 Å². The number of furan rings is 1. The highest BCUT2D eigenvalue weighted by molar-refractivity contribution is 6.08. The Morgan fingerprint density at radius 1 is 1.42 bits per heavy atom. The number of hydrogen-bond donors (Lipinski definition) is 0. The van der Waals surface area contributed by atoms with E-state index >= 15 is 0 Å². The summed E-state index contributed by atoms with van der Waals surface area (Å²) in [5, 5.41) is 4.62. The topological polar surface area (TPSA) is 48.0 Å². The zero-order chi connectivity index (χ0) is 13.4. The molecule has 0 unspecified atom stereocenters. The molecule has 0 saturated carbocycles. The molecule has 0 spiro atoms. The maximum atomic E-state index is 13.1. The summed E-state index contributed by atoms with van der Waals surface area (Å²) in [6.07, 6.45) is 3.16. The Morgan fingerprint density at radius 3 is 3.00 bits per heavy atom. The normalized spacial score (nSPS) is 11.1. The Bertz CT molecular complexity index is 758. The molecule has 19 heavy (non-hydrogen) atoms. The molecule has 0 aliphatic heterocycles. The lowest BCUT2D eigenvalue weighted by Gasteiger charge is -1.92. The maximum Gasteiger partial charge on any atom is 0.231 e. The second-order valence-electron chi connectivity index (χ2n) is 4.21. The molecule has 0 amide bonds. The van der Waals surface area contributed by atoms with Gasteiger partial charge >= 0.3 is 0 Å². The maximum absolute atomic E-state index is 13.1. The molecule has 2 aromatic heterocycles. The van der Waals surface area contributed by atoms with Crippen molar-refractivity contribution in [3.05, 3.63) is 53.8 Å². The predicted molar refractivity (Wildman–Crippen MR) is 67.5 cm³/mol. The molecule has 96 valence electrons. The minimum absolute atomic E-state index is 0.191. The van der Waals surface area contributed by atoms with Crippen molar-refractivity contribution in [1.29, 1.82) is 0 Å². The summed E-state index contributed by atoms with van der Waals surface area (Å²) in [5.41, 5.74) is 0.953. The molecule has 0 N–H and O–H groups in total. The Kier molecular flexibility index (Phi) is 2.67. The van der Waals surface area contributed by atoms with Gasteiger partial charge in [0.1, 0.15) is 11.4 Å². The van der Waals surface area contributed by atoms with Crippen molar-refractivity contribution < 1.29 is 13.6 Å². The molecule has 0 fully saturated rings. The Labute approximate surface area is 108 Å². The van der Waals surface area contributed by atoms with Crippen molar-refractivity contribution >= 4 is 16.8 Å². The fraction of sp³-hybridized carbons (Fsp3) is 0.143. The SMILES string of the molecule is CCn1cc(C(=O)c2cc3cc(F)ccc3o2)cn1. The molecule has 5 heteroatoms. The molecule has 0 radical (unpaired) electrons. The van der Waals surface area contributed by atoms with Gasteiger partial charge in [0, 0.05) is 18.1 Å². The van der Waals surface area contributed by atoms with Crippen molar-refractivity contribution in [2.45, 2.75) is 13.5 Å². The van der Waals surface area contributed by atoms with E-state index in [1.54, 1.807) is 16.9 Å². The molecular weight excluding hydrogens is 247 g/mol. The van der Waals surface area contributed by atoms with Gasteiger partial charge in [-0.3, -0.25) is 9.48 Å². The molecule has 3 aromatic rings. The molecule has 0 aliphatic carbocycles. The van der Waals surface area contributed by atoms with Gasteiger partial charge in [0.2, 0.25) is 5.78 Å². The van der Waals surface area contributed by atoms with E-state index in [2.05, 4.69) is 5.10 Å². The first-order valence-electron chi connectivity index (χ1n) is 5.93. The molecule has 1 aromatic carbocycles. The minimum atomic E-state index is -0.355. The van der Waals surface area contributed by atoms with Gasteiger partial charge in [-0.1, -0.05) is 0 Å². The lowest BCUT2D eigenvalue weighted by Crippen LogP contribution is -1.98. The second kappa shape index (κ2) is 4.35. The van der Waals surface area contributed by atoms with Gasteiger partial charge in [-0.15, -0.1) is 0 Å². The molecule has 0 bridgehead atoms. The fourth-order valence-corrected chi connectivity index (χ4v) is 1.92. The van der Waals surface area contributed by atoms with Gasteiger partial charge in [0.05, 0.1) is 11.8 Å². The van der Waals surface area contributed by atoms with Crippen LogP contribution in [0.25, 0.3) is 11.0 Å². The quantitative estimate of drug-likeness (QED) is 0.678. The van der Waals surface area contributed by atoms with E-state index < -0.39 is 0 Å². The summed E-state index contributed by atoms with van der Waals surface area (Å²) in [5.74, 6) is -0.418.